The van der Waals surface area contributed by atoms with Crippen LogP contribution >= 0.6 is 28.1 Å². The van der Waals surface area contributed by atoms with Crippen LogP contribution in [0, 0.1) is 5.92 Å². The number of hydrogen-bond acceptors (Lipinski definition) is 4. The Morgan fingerprint density at radius 3 is 2.58 bits per heavy atom. The van der Waals surface area contributed by atoms with Gasteiger partial charge >= 0.3 is 0 Å². The lowest BCUT2D eigenvalue weighted by atomic mass is 10.1. The highest BCUT2D eigenvalue weighted by atomic mass is 79.9. The first-order valence-electron chi connectivity index (χ1n) is 8.19. The van der Waals surface area contributed by atoms with E-state index in [-0.39, 0.29) is 16.8 Å². The van der Waals surface area contributed by atoms with E-state index in [2.05, 4.69) is 40.4 Å². The molecule has 7 heteroatoms. The number of carbonyl (C=O) groups is 1. The monoisotopic (exact) mass is 436 g/mol. The summed E-state index contributed by atoms with van der Waals surface area (Å²) in [7, 11) is 0. The Kier molecular flexibility index (Phi) is 7.41. The minimum atomic E-state index is -0.359. The summed E-state index contributed by atoms with van der Waals surface area (Å²) >= 11 is 8.56. The Balaban J connectivity index is 2.04. The molecule has 3 N–H and O–H groups in total. The van der Waals surface area contributed by atoms with Crippen molar-refractivity contribution in [2.24, 2.45) is 5.92 Å². The van der Waals surface area contributed by atoms with E-state index in [0.717, 1.165) is 10.9 Å². The summed E-state index contributed by atoms with van der Waals surface area (Å²) in [5.74, 6) is 0.827. The van der Waals surface area contributed by atoms with Crippen LogP contribution in [0.25, 0.3) is 0 Å². The van der Waals surface area contributed by atoms with Crippen LogP contribution < -0.4 is 15.4 Å². The molecule has 0 heterocycles. The van der Waals surface area contributed by atoms with Gasteiger partial charge in [0.2, 0.25) is 0 Å². The molecular weight excluding hydrogens is 416 g/mol. The van der Waals surface area contributed by atoms with Gasteiger partial charge in [0.1, 0.15) is 11.5 Å². The van der Waals surface area contributed by atoms with Crippen molar-refractivity contribution in [2.45, 2.75) is 20.3 Å². The highest BCUT2D eigenvalue weighted by Crippen LogP contribution is 2.24. The molecule has 0 bridgehead atoms. The molecule has 0 spiro atoms. The van der Waals surface area contributed by atoms with Crippen LogP contribution in [0.15, 0.2) is 46.9 Å². The van der Waals surface area contributed by atoms with Crippen LogP contribution in [0.3, 0.4) is 0 Å². The number of hydrogen-bond donors (Lipinski definition) is 3. The lowest BCUT2D eigenvalue weighted by molar-refractivity contribution is 0.0973. The van der Waals surface area contributed by atoms with Gasteiger partial charge in [-0.25, -0.2) is 0 Å². The Morgan fingerprint density at radius 1 is 1.23 bits per heavy atom. The molecule has 0 fully saturated rings. The van der Waals surface area contributed by atoms with Gasteiger partial charge in [0, 0.05) is 10.2 Å². The van der Waals surface area contributed by atoms with Gasteiger partial charge in [0.25, 0.3) is 5.91 Å². The Bertz CT molecular complexity index is 779. The number of halogens is 1. The number of ether oxygens (including phenoxy) is 1. The van der Waals surface area contributed by atoms with Crippen LogP contribution in [0.1, 0.15) is 30.6 Å². The summed E-state index contributed by atoms with van der Waals surface area (Å²) in [6, 6.07) is 11.7. The average molecular weight is 437 g/mol. The Labute approximate surface area is 166 Å². The minimum Gasteiger partial charge on any atom is -0.508 e. The van der Waals surface area contributed by atoms with E-state index in [1.54, 1.807) is 24.3 Å². The fourth-order valence-corrected chi connectivity index (χ4v) is 2.66. The summed E-state index contributed by atoms with van der Waals surface area (Å²) in [6.07, 6.45) is 0.901. The summed E-state index contributed by atoms with van der Waals surface area (Å²) in [4.78, 5) is 12.6. The van der Waals surface area contributed by atoms with E-state index in [0.29, 0.717) is 29.5 Å². The van der Waals surface area contributed by atoms with Gasteiger partial charge in [-0.2, -0.15) is 0 Å². The normalized spacial score (nSPS) is 10.5. The molecule has 0 saturated heterocycles. The molecule has 26 heavy (non-hydrogen) atoms. The van der Waals surface area contributed by atoms with Gasteiger partial charge in [-0.15, -0.1) is 0 Å². The third-order valence-corrected chi connectivity index (χ3v) is 4.19. The molecule has 2 aromatic carbocycles. The molecular formula is C19H21BrN2O3S. The number of aromatic hydroxyl groups is 1. The zero-order valence-electron chi connectivity index (χ0n) is 14.6. The summed E-state index contributed by atoms with van der Waals surface area (Å²) in [6.45, 7) is 4.77. The van der Waals surface area contributed by atoms with Gasteiger partial charge in [-0.1, -0.05) is 29.8 Å². The molecule has 138 valence electrons. The van der Waals surface area contributed by atoms with Gasteiger partial charge < -0.3 is 15.2 Å². The van der Waals surface area contributed by atoms with Crippen LogP contribution in [0.4, 0.5) is 5.69 Å². The van der Waals surface area contributed by atoms with E-state index in [1.165, 1.54) is 12.1 Å². The molecule has 0 saturated carbocycles. The molecule has 0 aliphatic carbocycles. The average Bonchev–Trinajstić information content (AvgIpc) is 2.57. The molecule has 1 amide bonds. The van der Waals surface area contributed by atoms with E-state index >= 15 is 0 Å². The van der Waals surface area contributed by atoms with Crippen LogP contribution in [0.2, 0.25) is 0 Å². The van der Waals surface area contributed by atoms with Crippen LogP contribution in [0.5, 0.6) is 11.5 Å². The molecule has 0 aliphatic rings. The van der Waals surface area contributed by atoms with Gasteiger partial charge in [0.05, 0.1) is 12.2 Å². The fraction of sp³-hybridized carbons (Fsp3) is 0.263. The predicted octanol–water partition coefficient (Wildman–Crippen LogP) is 4.71. The van der Waals surface area contributed by atoms with Crippen molar-refractivity contribution >= 4 is 44.9 Å². The predicted molar refractivity (Wildman–Crippen MR) is 111 cm³/mol. The highest BCUT2D eigenvalue weighted by Gasteiger charge is 2.15. The fourth-order valence-electron chi connectivity index (χ4n) is 2.09. The maximum atomic E-state index is 12.6. The Hall–Kier alpha value is -2.12. The highest BCUT2D eigenvalue weighted by molar-refractivity contribution is 9.10. The Morgan fingerprint density at radius 2 is 1.92 bits per heavy atom. The first-order valence-corrected chi connectivity index (χ1v) is 9.39. The van der Waals surface area contributed by atoms with E-state index in [1.807, 2.05) is 6.07 Å². The second-order valence-electron chi connectivity index (χ2n) is 6.13. The topological polar surface area (TPSA) is 70.6 Å². The van der Waals surface area contributed by atoms with Gasteiger partial charge in [-0.3, -0.25) is 10.1 Å². The maximum Gasteiger partial charge on any atom is 0.261 e. The molecule has 0 atom stereocenters. The number of carbonyl (C=O) groups excluding carboxylic acids is 1. The standard InChI is InChI=1S/C19H21BrN2O3S/c1-12(2)9-10-25-17-8-3-13(20)11-16(17)18(24)22-19(26)21-14-4-6-15(23)7-5-14/h3-8,11-12,23H,9-10H2,1-2H3,(H2,21,22,24,26). The first-order chi connectivity index (χ1) is 12.3. The molecule has 5 nitrogen and oxygen atoms in total. The van der Waals surface area contributed by atoms with Gasteiger partial charge in [-0.05, 0) is 67.0 Å². The van der Waals surface area contributed by atoms with Crippen LogP contribution in [-0.2, 0) is 0 Å². The molecule has 0 aromatic heterocycles. The molecule has 2 aromatic rings. The molecule has 0 aliphatic heterocycles. The quantitative estimate of drug-likeness (QED) is 0.451. The zero-order valence-corrected chi connectivity index (χ0v) is 17.0. The van der Waals surface area contributed by atoms with Crippen molar-refractivity contribution in [1.82, 2.24) is 5.32 Å². The van der Waals surface area contributed by atoms with Crippen molar-refractivity contribution in [1.29, 1.82) is 0 Å². The maximum absolute atomic E-state index is 12.6. The number of rotatable bonds is 6. The van der Waals surface area contributed by atoms with Crippen molar-refractivity contribution < 1.29 is 14.6 Å². The molecule has 0 unspecified atom stereocenters. The number of anilines is 1. The number of thiocarbonyl (C=S) groups is 1. The van der Waals surface area contributed by atoms with Crippen molar-refractivity contribution in [2.75, 3.05) is 11.9 Å². The summed E-state index contributed by atoms with van der Waals surface area (Å²) in [5, 5.41) is 15.0. The lowest BCUT2D eigenvalue weighted by Crippen LogP contribution is -2.34. The van der Waals surface area contributed by atoms with E-state index in [9.17, 15) is 9.90 Å². The third-order valence-electron chi connectivity index (χ3n) is 3.49. The summed E-state index contributed by atoms with van der Waals surface area (Å²) < 4.78 is 6.54. The summed E-state index contributed by atoms with van der Waals surface area (Å²) in [5.41, 5.74) is 1.06. The van der Waals surface area contributed by atoms with Gasteiger partial charge in [0.15, 0.2) is 5.11 Å². The van der Waals surface area contributed by atoms with Crippen molar-refractivity contribution in [3.8, 4) is 11.5 Å². The second-order valence-corrected chi connectivity index (χ2v) is 7.45. The number of amides is 1. The first kappa shape index (κ1) is 20.2. The molecule has 0 radical (unpaired) electrons. The number of benzene rings is 2. The minimum absolute atomic E-state index is 0.155. The largest absolute Gasteiger partial charge is 0.508 e. The van der Waals surface area contributed by atoms with Crippen molar-refractivity contribution in [3.63, 3.8) is 0 Å². The van der Waals surface area contributed by atoms with E-state index in [4.69, 9.17) is 17.0 Å². The third kappa shape index (κ3) is 6.31. The van der Waals surface area contributed by atoms with Crippen LogP contribution in [-0.4, -0.2) is 22.7 Å². The number of nitrogens with one attached hydrogen (secondary N) is 2. The smallest absolute Gasteiger partial charge is 0.261 e. The lowest BCUT2D eigenvalue weighted by Gasteiger charge is -2.14. The van der Waals surface area contributed by atoms with E-state index < -0.39 is 0 Å². The second kappa shape index (κ2) is 9.54. The molecule has 2 rings (SSSR count). The zero-order chi connectivity index (χ0) is 19.1. The number of phenols is 1. The number of phenolic OH excluding ortho intramolecular Hbond substituents is 1. The SMILES string of the molecule is CC(C)CCOc1ccc(Br)cc1C(=O)NC(=S)Nc1ccc(O)cc1. The van der Waals surface area contributed by atoms with Crippen molar-refractivity contribution in [3.05, 3.63) is 52.5 Å².